The third kappa shape index (κ3) is 3.28. The molecule has 2 aliphatic heterocycles. The average molecular weight is 387 g/mol. The summed E-state index contributed by atoms with van der Waals surface area (Å²) in [5.74, 6) is 1.07. The van der Waals surface area contributed by atoms with E-state index in [1.165, 1.54) is 28.2 Å². The van der Waals surface area contributed by atoms with E-state index < -0.39 is 0 Å². The molecule has 2 aliphatic rings. The summed E-state index contributed by atoms with van der Waals surface area (Å²) in [6.07, 6.45) is 0.580. The van der Waals surface area contributed by atoms with Gasteiger partial charge in [0, 0.05) is 49.6 Å². The van der Waals surface area contributed by atoms with Crippen LogP contribution in [-0.2, 0) is 0 Å². The van der Waals surface area contributed by atoms with Crippen LogP contribution in [0, 0.1) is 13.8 Å². The van der Waals surface area contributed by atoms with E-state index in [0.717, 1.165) is 41.7 Å². The summed E-state index contributed by atoms with van der Waals surface area (Å²) in [6.45, 7) is 7.37. The molecule has 0 radical (unpaired) electrons. The SMILES string of the molecule is Cc1ccc(C)c(N2CCN(C(=O)c3cc4c(s3)SCCC4=O)CC2)c1. The normalized spacial score (nSPS) is 17.4. The summed E-state index contributed by atoms with van der Waals surface area (Å²) in [6, 6.07) is 8.33. The van der Waals surface area contributed by atoms with Gasteiger partial charge < -0.3 is 9.80 Å². The van der Waals surface area contributed by atoms with Crippen LogP contribution in [0.1, 0.15) is 37.6 Å². The molecule has 136 valence electrons. The second kappa shape index (κ2) is 7.08. The Morgan fingerprint density at radius 3 is 2.58 bits per heavy atom. The molecule has 1 amide bonds. The summed E-state index contributed by atoms with van der Waals surface area (Å²) < 4.78 is 1.01. The van der Waals surface area contributed by atoms with Gasteiger partial charge in [-0.3, -0.25) is 9.59 Å². The Hall–Kier alpha value is -1.79. The molecule has 1 fully saturated rings. The fraction of sp³-hybridized carbons (Fsp3) is 0.400. The van der Waals surface area contributed by atoms with E-state index in [1.54, 1.807) is 11.8 Å². The first kappa shape index (κ1) is 17.6. The fourth-order valence-electron chi connectivity index (χ4n) is 3.52. The molecule has 3 heterocycles. The van der Waals surface area contributed by atoms with Crippen LogP contribution in [0.4, 0.5) is 5.69 Å². The molecule has 1 aromatic carbocycles. The highest BCUT2D eigenvalue weighted by atomic mass is 32.2. The van der Waals surface area contributed by atoms with Crippen molar-refractivity contribution in [2.75, 3.05) is 36.8 Å². The maximum absolute atomic E-state index is 12.9. The Balaban J connectivity index is 1.45. The van der Waals surface area contributed by atoms with Crippen molar-refractivity contribution in [3.63, 3.8) is 0 Å². The molecule has 0 unspecified atom stereocenters. The van der Waals surface area contributed by atoms with Crippen molar-refractivity contribution in [1.29, 1.82) is 0 Å². The number of hydrogen-bond donors (Lipinski definition) is 0. The highest BCUT2D eigenvalue weighted by molar-refractivity contribution is 8.01. The van der Waals surface area contributed by atoms with Crippen LogP contribution in [0.3, 0.4) is 0 Å². The fourth-order valence-corrected chi connectivity index (χ4v) is 5.95. The number of hydrogen-bond acceptors (Lipinski definition) is 5. The molecule has 1 saturated heterocycles. The van der Waals surface area contributed by atoms with Crippen molar-refractivity contribution < 1.29 is 9.59 Å². The molecule has 6 heteroatoms. The number of benzene rings is 1. The van der Waals surface area contributed by atoms with Crippen LogP contribution in [-0.4, -0.2) is 48.5 Å². The van der Waals surface area contributed by atoms with Gasteiger partial charge in [0.25, 0.3) is 5.91 Å². The molecule has 26 heavy (non-hydrogen) atoms. The third-order valence-corrected chi connectivity index (χ3v) is 7.46. The predicted octanol–water partition coefficient (Wildman–Crippen LogP) is 4.01. The van der Waals surface area contributed by atoms with Gasteiger partial charge >= 0.3 is 0 Å². The number of fused-ring (bicyclic) bond motifs is 1. The smallest absolute Gasteiger partial charge is 0.264 e. The lowest BCUT2D eigenvalue weighted by Gasteiger charge is -2.36. The van der Waals surface area contributed by atoms with Gasteiger partial charge in [-0.1, -0.05) is 12.1 Å². The zero-order valence-corrected chi connectivity index (χ0v) is 16.7. The quantitative estimate of drug-likeness (QED) is 0.782. The molecule has 0 atom stereocenters. The Morgan fingerprint density at radius 2 is 1.85 bits per heavy atom. The van der Waals surface area contributed by atoms with Crippen LogP contribution < -0.4 is 4.90 Å². The largest absolute Gasteiger partial charge is 0.368 e. The highest BCUT2D eigenvalue weighted by Gasteiger charge is 2.28. The average Bonchev–Trinajstić information content (AvgIpc) is 3.09. The minimum atomic E-state index is 0.0680. The van der Waals surface area contributed by atoms with Gasteiger partial charge in [0.05, 0.1) is 9.09 Å². The van der Waals surface area contributed by atoms with E-state index in [2.05, 4.69) is 36.9 Å². The molecular formula is C20H22N2O2S2. The predicted molar refractivity (Wildman–Crippen MR) is 108 cm³/mol. The standard InChI is InChI=1S/C20H22N2O2S2/c1-13-3-4-14(2)16(11-13)21-6-8-22(9-7-21)19(24)18-12-15-17(23)5-10-25-20(15)26-18/h3-4,11-12H,5-10H2,1-2H3. The number of ketones is 1. The van der Waals surface area contributed by atoms with Gasteiger partial charge in [0.2, 0.25) is 0 Å². The molecule has 0 spiro atoms. The Kier molecular flexibility index (Phi) is 4.80. The number of rotatable bonds is 2. The van der Waals surface area contributed by atoms with Gasteiger partial charge in [0.15, 0.2) is 5.78 Å². The monoisotopic (exact) mass is 386 g/mol. The van der Waals surface area contributed by atoms with Gasteiger partial charge in [-0.15, -0.1) is 23.1 Å². The number of nitrogens with zero attached hydrogens (tertiary/aromatic N) is 2. The topological polar surface area (TPSA) is 40.6 Å². The number of piperazine rings is 1. The molecule has 0 saturated carbocycles. The van der Waals surface area contributed by atoms with Crippen LogP contribution in [0.2, 0.25) is 0 Å². The second-order valence-electron chi connectivity index (χ2n) is 6.90. The Morgan fingerprint density at radius 1 is 1.08 bits per heavy atom. The third-order valence-electron chi connectivity index (χ3n) is 5.04. The molecule has 0 N–H and O–H groups in total. The molecule has 2 aromatic rings. The summed E-state index contributed by atoms with van der Waals surface area (Å²) in [5.41, 5.74) is 4.56. The van der Waals surface area contributed by atoms with Crippen molar-refractivity contribution in [1.82, 2.24) is 4.90 Å². The number of aryl methyl sites for hydroxylation is 2. The first-order chi connectivity index (χ1) is 12.5. The van der Waals surface area contributed by atoms with Crippen molar-refractivity contribution in [2.24, 2.45) is 0 Å². The molecule has 0 bridgehead atoms. The van der Waals surface area contributed by atoms with E-state index in [0.29, 0.717) is 11.3 Å². The Bertz CT molecular complexity index is 867. The van der Waals surface area contributed by atoms with E-state index in [9.17, 15) is 9.59 Å². The van der Waals surface area contributed by atoms with Gasteiger partial charge in [0.1, 0.15) is 0 Å². The van der Waals surface area contributed by atoms with Crippen LogP contribution in [0.25, 0.3) is 0 Å². The maximum atomic E-state index is 12.9. The highest BCUT2D eigenvalue weighted by Crippen LogP contribution is 2.37. The van der Waals surface area contributed by atoms with E-state index in [-0.39, 0.29) is 11.7 Å². The number of thioether (sulfide) groups is 1. The van der Waals surface area contributed by atoms with Crippen molar-refractivity contribution in [3.8, 4) is 0 Å². The first-order valence-electron chi connectivity index (χ1n) is 8.94. The minimum Gasteiger partial charge on any atom is -0.368 e. The molecule has 4 nitrogen and oxygen atoms in total. The van der Waals surface area contributed by atoms with Crippen LogP contribution in [0.5, 0.6) is 0 Å². The zero-order valence-electron chi connectivity index (χ0n) is 15.1. The molecule has 0 aliphatic carbocycles. The minimum absolute atomic E-state index is 0.0680. The van der Waals surface area contributed by atoms with Gasteiger partial charge in [-0.25, -0.2) is 0 Å². The number of anilines is 1. The second-order valence-corrected chi connectivity index (χ2v) is 9.32. The zero-order chi connectivity index (χ0) is 18.3. The number of Topliss-reactive ketones (excluding diaryl/α,β-unsaturated/α-hetero) is 1. The van der Waals surface area contributed by atoms with Crippen molar-refractivity contribution >= 4 is 40.5 Å². The molecule has 1 aromatic heterocycles. The number of thiophene rings is 1. The summed E-state index contributed by atoms with van der Waals surface area (Å²) >= 11 is 3.18. The van der Waals surface area contributed by atoms with Crippen molar-refractivity contribution in [3.05, 3.63) is 45.8 Å². The summed E-state index contributed by atoms with van der Waals surface area (Å²) in [4.78, 5) is 29.9. The molecule has 4 rings (SSSR count). The van der Waals surface area contributed by atoms with Crippen LogP contribution in [0.15, 0.2) is 28.5 Å². The lowest BCUT2D eigenvalue weighted by Crippen LogP contribution is -2.48. The summed E-state index contributed by atoms with van der Waals surface area (Å²) in [7, 11) is 0. The van der Waals surface area contributed by atoms with E-state index >= 15 is 0 Å². The number of amides is 1. The Labute approximate surface area is 162 Å². The first-order valence-corrected chi connectivity index (χ1v) is 10.7. The van der Waals surface area contributed by atoms with Gasteiger partial charge in [-0.2, -0.15) is 0 Å². The van der Waals surface area contributed by atoms with Crippen LogP contribution >= 0.6 is 23.1 Å². The molecular weight excluding hydrogens is 364 g/mol. The lowest BCUT2D eigenvalue weighted by atomic mass is 10.1. The lowest BCUT2D eigenvalue weighted by molar-refractivity contribution is 0.0751. The van der Waals surface area contributed by atoms with Crippen molar-refractivity contribution in [2.45, 2.75) is 24.5 Å². The summed E-state index contributed by atoms with van der Waals surface area (Å²) in [5, 5.41) is 0. The maximum Gasteiger partial charge on any atom is 0.264 e. The van der Waals surface area contributed by atoms with E-state index in [4.69, 9.17) is 0 Å². The number of carbonyl (C=O) groups excluding carboxylic acids is 2. The number of carbonyl (C=O) groups is 2. The van der Waals surface area contributed by atoms with Gasteiger partial charge in [-0.05, 0) is 37.1 Å². The van der Waals surface area contributed by atoms with E-state index in [1.807, 2.05) is 11.0 Å².